The Morgan fingerprint density at radius 1 is 1.37 bits per heavy atom. The van der Waals surface area contributed by atoms with Crippen LogP contribution in [0.25, 0.3) is 5.69 Å². The normalized spacial score (nSPS) is 10.3. The Bertz CT molecular complexity index is 573. The quantitative estimate of drug-likeness (QED) is 0.918. The first-order valence-electron chi connectivity index (χ1n) is 6.15. The summed E-state index contributed by atoms with van der Waals surface area (Å²) in [7, 11) is 1.62. The van der Waals surface area contributed by atoms with Crippen molar-refractivity contribution in [1.82, 2.24) is 9.78 Å². The predicted molar refractivity (Wildman–Crippen MR) is 73.8 cm³/mol. The molecule has 19 heavy (non-hydrogen) atoms. The van der Waals surface area contributed by atoms with Crippen molar-refractivity contribution < 1.29 is 9.53 Å². The number of nitrogens with one attached hydrogen (secondary N) is 1. The largest absolute Gasteiger partial charge is 0.497 e. The molecule has 1 aromatic carbocycles. The van der Waals surface area contributed by atoms with Crippen LogP contribution in [0.4, 0.5) is 5.82 Å². The first kappa shape index (κ1) is 13.1. The number of amides is 1. The zero-order chi connectivity index (χ0) is 13.8. The number of hydrogen-bond acceptors (Lipinski definition) is 3. The predicted octanol–water partition coefficient (Wildman–Crippen LogP) is 2.54. The van der Waals surface area contributed by atoms with Gasteiger partial charge < -0.3 is 10.1 Å². The first-order chi connectivity index (χ1) is 9.13. The highest BCUT2D eigenvalue weighted by Crippen LogP contribution is 2.20. The summed E-state index contributed by atoms with van der Waals surface area (Å²) in [4.78, 5) is 11.5. The fraction of sp³-hybridized carbons (Fsp3) is 0.286. The van der Waals surface area contributed by atoms with Crippen molar-refractivity contribution in [2.24, 2.45) is 0 Å². The monoisotopic (exact) mass is 259 g/mol. The minimum atomic E-state index is -0.0327. The minimum absolute atomic E-state index is 0.0327. The van der Waals surface area contributed by atoms with E-state index in [1.54, 1.807) is 11.8 Å². The van der Waals surface area contributed by atoms with Gasteiger partial charge >= 0.3 is 0 Å². The van der Waals surface area contributed by atoms with Crippen LogP contribution in [0.15, 0.2) is 30.3 Å². The summed E-state index contributed by atoms with van der Waals surface area (Å²) in [6.07, 6.45) is 0.437. The molecule has 0 bridgehead atoms. The summed E-state index contributed by atoms with van der Waals surface area (Å²) in [5.74, 6) is 1.43. The van der Waals surface area contributed by atoms with Crippen LogP contribution >= 0.6 is 0 Å². The molecular weight excluding hydrogens is 242 g/mol. The molecule has 2 rings (SSSR count). The van der Waals surface area contributed by atoms with Crippen molar-refractivity contribution in [2.75, 3.05) is 12.4 Å². The van der Waals surface area contributed by atoms with Gasteiger partial charge in [-0.05, 0) is 31.2 Å². The van der Waals surface area contributed by atoms with Crippen molar-refractivity contribution in [3.8, 4) is 11.4 Å². The Kier molecular flexibility index (Phi) is 3.85. The number of carbonyl (C=O) groups excluding carboxylic acids is 1. The van der Waals surface area contributed by atoms with E-state index in [1.807, 2.05) is 44.2 Å². The van der Waals surface area contributed by atoms with Gasteiger partial charge in [-0.1, -0.05) is 6.92 Å². The number of anilines is 1. The van der Waals surface area contributed by atoms with E-state index in [4.69, 9.17) is 4.74 Å². The lowest BCUT2D eigenvalue weighted by Crippen LogP contribution is -2.13. The third-order valence-electron chi connectivity index (χ3n) is 2.74. The molecule has 1 aromatic heterocycles. The molecule has 1 N–H and O–H groups in total. The maximum atomic E-state index is 11.5. The van der Waals surface area contributed by atoms with Gasteiger partial charge in [-0.15, -0.1) is 0 Å². The second-order valence-corrected chi connectivity index (χ2v) is 4.18. The van der Waals surface area contributed by atoms with E-state index in [2.05, 4.69) is 10.4 Å². The molecule has 0 saturated carbocycles. The van der Waals surface area contributed by atoms with Crippen molar-refractivity contribution in [3.63, 3.8) is 0 Å². The summed E-state index contributed by atoms with van der Waals surface area (Å²) in [5.41, 5.74) is 1.72. The van der Waals surface area contributed by atoms with Crippen LogP contribution in [0.5, 0.6) is 5.75 Å². The molecular formula is C14H17N3O2. The Labute approximate surface area is 112 Å². The second-order valence-electron chi connectivity index (χ2n) is 4.18. The smallest absolute Gasteiger partial charge is 0.225 e. The summed E-state index contributed by atoms with van der Waals surface area (Å²) in [6.45, 7) is 3.71. The lowest BCUT2D eigenvalue weighted by atomic mass is 10.3. The molecule has 0 aliphatic rings. The lowest BCUT2D eigenvalue weighted by molar-refractivity contribution is -0.115. The molecule has 0 spiro atoms. The average Bonchev–Trinajstić information content (AvgIpc) is 2.79. The molecule has 100 valence electrons. The molecule has 0 saturated heterocycles. The summed E-state index contributed by atoms with van der Waals surface area (Å²) in [5, 5.41) is 7.22. The maximum Gasteiger partial charge on any atom is 0.225 e. The van der Waals surface area contributed by atoms with Crippen LogP contribution in [0.2, 0.25) is 0 Å². The van der Waals surface area contributed by atoms with Crippen molar-refractivity contribution in [3.05, 3.63) is 36.0 Å². The molecule has 0 atom stereocenters. The van der Waals surface area contributed by atoms with Crippen molar-refractivity contribution in [1.29, 1.82) is 0 Å². The third kappa shape index (κ3) is 2.93. The van der Waals surface area contributed by atoms with Gasteiger partial charge in [-0.2, -0.15) is 5.10 Å². The molecule has 0 aliphatic heterocycles. The van der Waals surface area contributed by atoms with Crippen molar-refractivity contribution in [2.45, 2.75) is 20.3 Å². The number of hydrogen-bond donors (Lipinski definition) is 1. The summed E-state index contributed by atoms with van der Waals surface area (Å²) in [6, 6.07) is 9.35. The molecule has 0 aliphatic carbocycles. The van der Waals surface area contributed by atoms with Crippen LogP contribution in [0.3, 0.4) is 0 Å². The van der Waals surface area contributed by atoms with Crippen LogP contribution in [0.1, 0.15) is 19.0 Å². The summed E-state index contributed by atoms with van der Waals surface area (Å²) >= 11 is 0. The lowest BCUT2D eigenvalue weighted by Gasteiger charge is -2.08. The zero-order valence-corrected chi connectivity index (χ0v) is 11.3. The van der Waals surface area contributed by atoms with Gasteiger partial charge in [0.05, 0.1) is 18.5 Å². The maximum absolute atomic E-state index is 11.5. The Hall–Kier alpha value is -2.30. The van der Waals surface area contributed by atoms with Gasteiger partial charge in [0, 0.05) is 12.5 Å². The number of ether oxygens (including phenoxy) is 1. The van der Waals surface area contributed by atoms with Gasteiger partial charge in [0.1, 0.15) is 11.6 Å². The Morgan fingerprint density at radius 3 is 2.63 bits per heavy atom. The highest BCUT2D eigenvalue weighted by atomic mass is 16.5. The Balaban J connectivity index is 2.34. The number of benzene rings is 1. The van der Waals surface area contributed by atoms with E-state index < -0.39 is 0 Å². The van der Waals surface area contributed by atoms with Gasteiger partial charge in [-0.3, -0.25) is 4.79 Å². The van der Waals surface area contributed by atoms with Crippen LogP contribution in [-0.2, 0) is 4.79 Å². The Morgan fingerprint density at radius 2 is 2.05 bits per heavy atom. The summed E-state index contributed by atoms with van der Waals surface area (Å²) < 4.78 is 6.83. The van der Waals surface area contributed by atoms with Crippen LogP contribution in [-0.4, -0.2) is 22.8 Å². The van der Waals surface area contributed by atoms with Gasteiger partial charge in [0.2, 0.25) is 5.91 Å². The van der Waals surface area contributed by atoms with E-state index in [1.165, 1.54) is 0 Å². The number of nitrogens with zero attached hydrogens (tertiary/aromatic N) is 2. The van der Waals surface area contributed by atoms with Gasteiger partial charge in [0.15, 0.2) is 0 Å². The number of methoxy groups -OCH3 is 1. The molecule has 2 aromatic rings. The highest BCUT2D eigenvalue weighted by molar-refractivity contribution is 5.89. The number of rotatable bonds is 4. The molecule has 0 fully saturated rings. The van der Waals surface area contributed by atoms with Crippen LogP contribution < -0.4 is 10.1 Å². The van der Waals surface area contributed by atoms with E-state index >= 15 is 0 Å². The molecule has 1 heterocycles. The van der Waals surface area contributed by atoms with Gasteiger partial charge in [-0.25, -0.2) is 4.68 Å². The topological polar surface area (TPSA) is 56.2 Å². The SMILES string of the molecule is CCC(=O)Nc1cc(C)nn1-c1ccc(OC)cc1. The number of carbonyl (C=O) groups is 1. The third-order valence-corrected chi connectivity index (χ3v) is 2.74. The average molecular weight is 259 g/mol. The fourth-order valence-corrected chi connectivity index (χ4v) is 1.74. The van der Waals surface area contributed by atoms with Gasteiger partial charge in [0.25, 0.3) is 0 Å². The molecule has 0 unspecified atom stereocenters. The number of aryl methyl sites for hydroxylation is 1. The molecule has 1 amide bonds. The standard InChI is InChI=1S/C14H17N3O2/c1-4-14(18)15-13-9-10(2)16-17(13)11-5-7-12(19-3)8-6-11/h5-9H,4H2,1-3H3,(H,15,18). The second kappa shape index (κ2) is 5.56. The van der Waals surface area contributed by atoms with Crippen molar-refractivity contribution >= 4 is 11.7 Å². The molecule has 5 heteroatoms. The van der Waals surface area contributed by atoms with Crippen LogP contribution in [0, 0.1) is 6.92 Å². The fourth-order valence-electron chi connectivity index (χ4n) is 1.74. The van der Waals surface area contributed by atoms with E-state index in [0.29, 0.717) is 12.2 Å². The molecule has 0 radical (unpaired) electrons. The minimum Gasteiger partial charge on any atom is -0.497 e. The van der Waals surface area contributed by atoms with E-state index in [9.17, 15) is 4.79 Å². The molecule has 5 nitrogen and oxygen atoms in total. The number of aromatic nitrogens is 2. The van der Waals surface area contributed by atoms with E-state index in [0.717, 1.165) is 17.1 Å². The zero-order valence-electron chi connectivity index (χ0n) is 11.3. The first-order valence-corrected chi connectivity index (χ1v) is 6.15. The van der Waals surface area contributed by atoms with E-state index in [-0.39, 0.29) is 5.91 Å². The highest BCUT2D eigenvalue weighted by Gasteiger charge is 2.09.